The Hall–Kier alpha value is -3.55. The van der Waals surface area contributed by atoms with Gasteiger partial charge in [0.25, 0.3) is 5.91 Å². The van der Waals surface area contributed by atoms with Crippen LogP contribution in [-0.4, -0.2) is 67.8 Å². The smallest absolute Gasteiger partial charge is 0.339 e. The number of nitrogens with zero attached hydrogens (tertiary/aromatic N) is 5. The molecule has 226 valence electrons. The number of para-hydroxylation sites is 1. The van der Waals surface area contributed by atoms with E-state index in [4.69, 9.17) is 0 Å². The lowest BCUT2D eigenvalue weighted by atomic mass is 10.0. The van der Waals surface area contributed by atoms with Crippen molar-refractivity contribution < 1.29 is 35.9 Å². The molecule has 0 N–H and O–H groups in total. The van der Waals surface area contributed by atoms with Crippen molar-refractivity contribution in [1.29, 1.82) is 0 Å². The number of hydrogen-bond donors (Lipinski definition) is 0. The Balaban J connectivity index is 1.34. The van der Waals surface area contributed by atoms with E-state index < -0.39 is 41.0 Å². The van der Waals surface area contributed by atoms with E-state index in [1.807, 2.05) is 42.7 Å². The summed E-state index contributed by atoms with van der Waals surface area (Å²) in [5.41, 5.74) is -1.76. The fourth-order valence-electron chi connectivity index (χ4n) is 4.80. The van der Waals surface area contributed by atoms with Crippen molar-refractivity contribution in [2.75, 3.05) is 25.4 Å². The van der Waals surface area contributed by atoms with Crippen LogP contribution in [0.2, 0.25) is 0 Å². The normalized spacial score (nSPS) is 16.2. The Labute approximate surface area is 242 Å². The monoisotopic (exact) mass is 613 g/mol. The molecule has 1 aromatic heterocycles. The summed E-state index contributed by atoms with van der Waals surface area (Å²) < 4.78 is 81.5. The summed E-state index contributed by atoms with van der Waals surface area (Å²) in [4.78, 5) is 28.7. The van der Waals surface area contributed by atoms with Crippen molar-refractivity contribution in [2.45, 2.75) is 57.2 Å². The van der Waals surface area contributed by atoms with Crippen molar-refractivity contribution >= 4 is 23.6 Å². The van der Waals surface area contributed by atoms with Crippen molar-refractivity contribution in [2.24, 2.45) is 0 Å². The first-order chi connectivity index (χ1) is 19.7. The molecule has 0 radical (unpaired) electrons. The van der Waals surface area contributed by atoms with Crippen LogP contribution in [0.25, 0.3) is 5.69 Å². The molecule has 1 aliphatic heterocycles. The van der Waals surface area contributed by atoms with Gasteiger partial charge in [-0.3, -0.25) is 14.2 Å². The number of carbonyl (C=O) groups excluding carboxylic acids is 2. The quantitative estimate of drug-likeness (QED) is 0.181. The second kappa shape index (κ2) is 12.4. The number of amides is 2. The van der Waals surface area contributed by atoms with Crippen LogP contribution in [0.15, 0.2) is 47.6 Å². The third kappa shape index (κ3) is 7.08. The topological polar surface area (TPSA) is 71.3 Å². The van der Waals surface area contributed by atoms with Gasteiger partial charge in [0, 0.05) is 43.4 Å². The predicted molar refractivity (Wildman–Crippen MR) is 144 cm³/mol. The van der Waals surface area contributed by atoms with Gasteiger partial charge in [-0.2, -0.15) is 26.3 Å². The van der Waals surface area contributed by atoms with Crippen LogP contribution in [0.4, 0.5) is 26.3 Å². The minimum Gasteiger partial charge on any atom is -0.339 e. The highest BCUT2D eigenvalue weighted by Gasteiger charge is 2.39. The van der Waals surface area contributed by atoms with Gasteiger partial charge < -0.3 is 9.80 Å². The van der Waals surface area contributed by atoms with Crippen LogP contribution in [0.1, 0.15) is 52.6 Å². The lowest BCUT2D eigenvalue weighted by molar-refractivity contribution is -0.143. The molecule has 2 heterocycles. The first kappa shape index (κ1) is 31.4. The van der Waals surface area contributed by atoms with E-state index in [2.05, 4.69) is 10.2 Å². The number of aryl methyl sites for hydroxylation is 2. The highest BCUT2D eigenvalue weighted by Crippen LogP contribution is 2.37. The first-order valence-electron chi connectivity index (χ1n) is 13.2. The standard InChI is InChI=1S/C28H29F6N5O2S/c1-17-7-4-5-8-23(17)39-19(3)35-36-26(39)42-12-6-9-24(40)37-10-11-38(18(2)16-37)25(41)20-13-21(27(29,30)31)15-22(14-20)28(32,33)34/h4-5,7-8,13-15,18H,6,9-12,16H2,1-3H3. The molecule has 3 aromatic rings. The molecule has 0 bridgehead atoms. The highest BCUT2D eigenvalue weighted by atomic mass is 32.2. The third-order valence-electron chi connectivity index (χ3n) is 6.99. The highest BCUT2D eigenvalue weighted by molar-refractivity contribution is 7.99. The SMILES string of the molecule is Cc1ccccc1-n1c(C)nnc1SCCCC(=O)N1CCN(C(=O)c2cc(C(F)(F)F)cc(C(F)(F)F)c2)C(C)C1. The van der Waals surface area contributed by atoms with E-state index in [1.165, 1.54) is 16.7 Å². The lowest BCUT2D eigenvalue weighted by Crippen LogP contribution is -2.55. The fraction of sp³-hybridized carbons (Fsp3) is 0.429. The van der Waals surface area contributed by atoms with E-state index >= 15 is 0 Å². The summed E-state index contributed by atoms with van der Waals surface area (Å²) in [6.45, 7) is 5.68. The maximum absolute atomic E-state index is 13.3. The molecule has 2 aromatic carbocycles. The Bertz CT molecular complexity index is 1420. The summed E-state index contributed by atoms with van der Waals surface area (Å²) in [5.74, 6) is 0.241. The Morgan fingerprint density at radius 3 is 2.19 bits per heavy atom. The average Bonchev–Trinajstić information content (AvgIpc) is 3.29. The number of halogens is 6. The van der Waals surface area contributed by atoms with E-state index in [9.17, 15) is 35.9 Å². The molecule has 0 aliphatic carbocycles. The Morgan fingerprint density at radius 2 is 1.60 bits per heavy atom. The molecule has 0 saturated carbocycles. The van der Waals surface area contributed by atoms with Gasteiger partial charge in [0.2, 0.25) is 5.91 Å². The van der Waals surface area contributed by atoms with E-state index in [0.717, 1.165) is 17.1 Å². The number of benzene rings is 2. The number of carbonyl (C=O) groups is 2. The maximum Gasteiger partial charge on any atom is 0.416 e. The molecule has 14 heteroatoms. The Morgan fingerprint density at radius 1 is 0.952 bits per heavy atom. The first-order valence-corrected chi connectivity index (χ1v) is 14.1. The van der Waals surface area contributed by atoms with Gasteiger partial charge in [0.1, 0.15) is 5.82 Å². The molecule has 1 unspecified atom stereocenters. The zero-order chi connectivity index (χ0) is 30.8. The van der Waals surface area contributed by atoms with E-state index in [1.54, 1.807) is 11.8 Å². The average molecular weight is 614 g/mol. The van der Waals surface area contributed by atoms with Crippen LogP contribution in [0.5, 0.6) is 0 Å². The molecule has 0 spiro atoms. The van der Waals surface area contributed by atoms with Crippen molar-refractivity contribution in [3.8, 4) is 5.69 Å². The van der Waals surface area contributed by atoms with Gasteiger partial charge in [-0.1, -0.05) is 30.0 Å². The number of thioether (sulfide) groups is 1. The molecule has 2 amide bonds. The number of aromatic nitrogens is 3. The van der Waals surface area contributed by atoms with Gasteiger partial charge >= 0.3 is 12.4 Å². The zero-order valence-corrected chi connectivity index (χ0v) is 23.9. The minimum absolute atomic E-state index is 0.0111. The number of rotatable bonds is 7. The van der Waals surface area contributed by atoms with Gasteiger partial charge in [0.05, 0.1) is 16.8 Å². The zero-order valence-electron chi connectivity index (χ0n) is 23.1. The van der Waals surface area contributed by atoms with Crippen molar-refractivity contribution in [3.63, 3.8) is 0 Å². The molecule has 1 aliphatic rings. The van der Waals surface area contributed by atoms with Gasteiger partial charge in [-0.05, 0) is 57.0 Å². The minimum atomic E-state index is -5.06. The molecular formula is C28H29F6N5O2S. The molecule has 1 fully saturated rings. The lowest BCUT2D eigenvalue weighted by Gasteiger charge is -2.40. The van der Waals surface area contributed by atoms with E-state index in [0.29, 0.717) is 29.5 Å². The molecule has 42 heavy (non-hydrogen) atoms. The summed E-state index contributed by atoms with van der Waals surface area (Å²) in [5, 5.41) is 9.14. The number of hydrogen-bond acceptors (Lipinski definition) is 5. The molecule has 7 nitrogen and oxygen atoms in total. The van der Waals surface area contributed by atoms with Gasteiger partial charge in [0.15, 0.2) is 5.16 Å². The van der Waals surface area contributed by atoms with Crippen LogP contribution in [-0.2, 0) is 17.1 Å². The summed E-state index contributed by atoms with van der Waals surface area (Å²) in [6.07, 6.45) is -9.34. The Kier molecular flexibility index (Phi) is 9.24. The molecule has 1 atom stereocenters. The predicted octanol–water partition coefficient (Wildman–Crippen LogP) is 6.17. The fourth-order valence-corrected chi connectivity index (χ4v) is 5.73. The summed E-state index contributed by atoms with van der Waals surface area (Å²) in [6, 6.07) is 8.10. The number of piperazine rings is 1. The van der Waals surface area contributed by atoms with Crippen molar-refractivity contribution in [1.82, 2.24) is 24.6 Å². The van der Waals surface area contributed by atoms with Crippen LogP contribution >= 0.6 is 11.8 Å². The van der Waals surface area contributed by atoms with Gasteiger partial charge in [-0.25, -0.2) is 0 Å². The maximum atomic E-state index is 13.3. The van der Waals surface area contributed by atoms with Gasteiger partial charge in [-0.15, -0.1) is 10.2 Å². The molecular weight excluding hydrogens is 584 g/mol. The molecule has 4 rings (SSSR count). The second-order valence-electron chi connectivity index (χ2n) is 10.1. The third-order valence-corrected chi connectivity index (χ3v) is 8.01. The van der Waals surface area contributed by atoms with Crippen molar-refractivity contribution in [3.05, 3.63) is 70.5 Å². The molecule has 1 saturated heterocycles. The van der Waals surface area contributed by atoms with E-state index in [-0.39, 0.29) is 38.0 Å². The summed E-state index contributed by atoms with van der Waals surface area (Å²) in [7, 11) is 0. The van der Waals surface area contributed by atoms with Crippen LogP contribution in [0, 0.1) is 13.8 Å². The van der Waals surface area contributed by atoms with Crippen LogP contribution in [0.3, 0.4) is 0 Å². The summed E-state index contributed by atoms with van der Waals surface area (Å²) >= 11 is 1.47. The second-order valence-corrected chi connectivity index (χ2v) is 11.1. The van der Waals surface area contributed by atoms with Crippen LogP contribution < -0.4 is 0 Å². The largest absolute Gasteiger partial charge is 0.416 e. The number of alkyl halides is 6.